The largest absolute Gasteiger partial charge is 0.395 e. The van der Waals surface area contributed by atoms with Crippen molar-refractivity contribution in [2.24, 2.45) is 0 Å². The molecule has 108 valence electrons. The van der Waals surface area contributed by atoms with Crippen molar-refractivity contribution in [3.05, 3.63) is 52.0 Å². The van der Waals surface area contributed by atoms with Gasteiger partial charge in [0.05, 0.1) is 16.4 Å². The molecule has 1 amide bonds. The van der Waals surface area contributed by atoms with Crippen molar-refractivity contribution in [3.63, 3.8) is 0 Å². The maximum atomic E-state index is 12.0. The van der Waals surface area contributed by atoms with Crippen molar-refractivity contribution in [1.82, 2.24) is 10.3 Å². The van der Waals surface area contributed by atoms with Gasteiger partial charge in [-0.25, -0.2) is 0 Å². The number of nitrogens with one attached hydrogen (secondary N) is 1. The van der Waals surface area contributed by atoms with Crippen molar-refractivity contribution < 1.29 is 9.90 Å². The lowest BCUT2D eigenvalue weighted by atomic mass is 10.2. The number of thiophene rings is 1. The Labute approximate surface area is 127 Å². The highest BCUT2D eigenvalue weighted by Crippen LogP contribution is 2.15. The van der Waals surface area contributed by atoms with E-state index in [9.17, 15) is 4.79 Å². The van der Waals surface area contributed by atoms with Gasteiger partial charge in [0.2, 0.25) is 0 Å². The molecule has 0 bridgehead atoms. The lowest BCUT2D eigenvalue weighted by Gasteiger charge is -2.03. The minimum absolute atomic E-state index is 0.0563. The molecule has 2 aromatic rings. The van der Waals surface area contributed by atoms with E-state index in [-0.39, 0.29) is 12.5 Å². The third kappa shape index (κ3) is 5.03. The first-order valence-electron chi connectivity index (χ1n) is 6.66. The van der Waals surface area contributed by atoms with E-state index in [4.69, 9.17) is 5.11 Å². The summed E-state index contributed by atoms with van der Waals surface area (Å²) in [5, 5.41) is 11.6. The number of aromatic nitrogens is 1. The number of aliphatic hydroxyl groups excluding tert-OH is 1. The Morgan fingerprint density at radius 3 is 2.86 bits per heavy atom. The van der Waals surface area contributed by atoms with Crippen molar-refractivity contribution in [3.8, 4) is 11.8 Å². The summed E-state index contributed by atoms with van der Waals surface area (Å²) in [7, 11) is 0. The van der Waals surface area contributed by atoms with Crippen molar-refractivity contribution >= 4 is 17.2 Å². The van der Waals surface area contributed by atoms with Gasteiger partial charge in [0.1, 0.15) is 0 Å². The van der Waals surface area contributed by atoms with Crippen LogP contribution in [-0.4, -0.2) is 29.1 Å². The molecule has 2 heterocycles. The number of aliphatic hydroxyl groups is 1. The highest BCUT2D eigenvalue weighted by Gasteiger charge is 2.07. The lowest BCUT2D eigenvalue weighted by molar-refractivity contribution is 0.0958. The zero-order valence-electron chi connectivity index (χ0n) is 11.5. The summed E-state index contributed by atoms with van der Waals surface area (Å²) in [4.78, 5) is 17.4. The number of rotatable bonds is 5. The molecule has 21 heavy (non-hydrogen) atoms. The molecule has 0 radical (unpaired) electrons. The van der Waals surface area contributed by atoms with Gasteiger partial charge >= 0.3 is 0 Å². The van der Waals surface area contributed by atoms with Crippen LogP contribution in [-0.2, 0) is 6.42 Å². The molecule has 2 aromatic heterocycles. The molecule has 0 saturated heterocycles. The van der Waals surface area contributed by atoms with Crippen LogP contribution in [0.1, 0.15) is 26.5 Å². The summed E-state index contributed by atoms with van der Waals surface area (Å²) < 4.78 is 0. The quantitative estimate of drug-likeness (QED) is 0.828. The molecule has 0 aromatic carbocycles. The van der Waals surface area contributed by atoms with Gasteiger partial charge in [0.15, 0.2) is 0 Å². The minimum atomic E-state index is -0.0794. The number of carbonyl (C=O) groups excluding carboxylic acids is 1. The van der Waals surface area contributed by atoms with E-state index in [0.717, 1.165) is 16.9 Å². The highest BCUT2D eigenvalue weighted by molar-refractivity contribution is 7.14. The van der Waals surface area contributed by atoms with Crippen LogP contribution in [0.4, 0.5) is 0 Å². The molecule has 0 aliphatic heterocycles. The SMILES string of the molecule is O=C(NCCc1ccncc1)c1ccc(C#CCCO)s1. The number of hydrogen-bond acceptors (Lipinski definition) is 4. The number of carbonyl (C=O) groups is 1. The smallest absolute Gasteiger partial charge is 0.261 e. The van der Waals surface area contributed by atoms with Gasteiger partial charge in [-0.1, -0.05) is 11.8 Å². The summed E-state index contributed by atoms with van der Waals surface area (Å²) in [6.45, 7) is 0.646. The fourth-order valence-electron chi connectivity index (χ4n) is 1.69. The number of pyridine rings is 1. The van der Waals surface area contributed by atoms with Gasteiger partial charge in [-0.15, -0.1) is 11.3 Å². The van der Waals surface area contributed by atoms with E-state index in [1.54, 1.807) is 18.5 Å². The van der Waals surface area contributed by atoms with Crippen molar-refractivity contribution in [2.45, 2.75) is 12.8 Å². The van der Waals surface area contributed by atoms with Crippen molar-refractivity contribution in [2.75, 3.05) is 13.2 Å². The molecule has 2 rings (SSSR count). The van der Waals surface area contributed by atoms with E-state index in [1.807, 2.05) is 18.2 Å². The molecule has 0 saturated carbocycles. The number of hydrogen-bond donors (Lipinski definition) is 2. The van der Waals surface area contributed by atoms with Crippen LogP contribution >= 0.6 is 11.3 Å². The average molecular weight is 300 g/mol. The molecule has 0 aliphatic carbocycles. The molecule has 0 atom stereocenters. The van der Waals surface area contributed by atoms with Crippen LogP contribution in [0.25, 0.3) is 0 Å². The fraction of sp³-hybridized carbons (Fsp3) is 0.250. The normalized spacial score (nSPS) is 9.76. The Kier molecular flexibility index (Phi) is 5.95. The number of nitrogens with zero attached hydrogens (tertiary/aromatic N) is 1. The predicted molar refractivity (Wildman–Crippen MR) is 83.2 cm³/mol. The van der Waals surface area contributed by atoms with Crippen LogP contribution in [0.5, 0.6) is 0 Å². The van der Waals surface area contributed by atoms with Crippen LogP contribution in [0.2, 0.25) is 0 Å². The molecule has 4 nitrogen and oxygen atoms in total. The van der Waals surface area contributed by atoms with Gasteiger partial charge < -0.3 is 10.4 Å². The third-order valence-corrected chi connectivity index (χ3v) is 3.73. The fourth-order valence-corrected chi connectivity index (χ4v) is 2.49. The second kappa shape index (κ2) is 8.20. The van der Waals surface area contributed by atoms with E-state index < -0.39 is 0 Å². The second-order valence-corrected chi connectivity index (χ2v) is 5.38. The first-order valence-corrected chi connectivity index (χ1v) is 7.48. The Morgan fingerprint density at radius 2 is 2.10 bits per heavy atom. The topological polar surface area (TPSA) is 62.2 Å². The first-order chi connectivity index (χ1) is 10.3. The average Bonchev–Trinajstić information content (AvgIpc) is 2.97. The first kappa shape index (κ1) is 15.2. The molecule has 5 heteroatoms. The second-order valence-electron chi connectivity index (χ2n) is 4.30. The zero-order valence-corrected chi connectivity index (χ0v) is 12.3. The summed E-state index contributed by atoms with van der Waals surface area (Å²) in [6.07, 6.45) is 4.72. The molecular formula is C16H16N2O2S. The van der Waals surface area contributed by atoms with E-state index in [1.165, 1.54) is 11.3 Å². The Bertz CT molecular complexity index is 641. The monoisotopic (exact) mass is 300 g/mol. The van der Waals surface area contributed by atoms with E-state index in [2.05, 4.69) is 22.1 Å². The van der Waals surface area contributed by atoms with Crippen LogP contribution in [0.15, 0.2) is 36.7 Å². The summed E-state index contributed by atoms with van der Waals surface area (Å²) in [5.74, 6) is 5.69. The zero-order chi connectivity index (χ0) is 14.9. The van der Waals surface area contributed by atoms with Crippen LogP contribution in [0.3, 0.4) is 0 Å². The molecule has 0 fully saturated rings. The highest BCUT2D eigenvalue weighted by atomic mass is 32.1. The third-order valence-electron chi connectivity index (χ3n) is 2.73. The predicted octanol–water partition coefficient (Wildman–Crippen LogP) is 1.85. The van der Waals surface area contributed by atoms with Crippen LogP contribution in [0, 0.1) is 11.8 Å². The maximum absolute atomic E-state index is 12.0. The van der Waals surface area contributed by atoms with Gasteiger partial charge in [0.25, 0.3) is 5.91 Å². The number of amides is 1. The Morgan fingerprint density at radius 1 is 1.29 bits per heavy atom. The van der Waals surface area contributed by atoms with E-state index in [0.29, 0.717) is 17.8 Å². The van der Waals surface area contributed by atoms with E-state index >= 15 is 0 Å². The molecule has 0 spiro atoms. The minimum Gasteiger partial charge on any atom is -0.395 e. The Hall–Kier alpha value is -2.16. The van der Waals surface area contributed by atoms with Gasteiger partial charge in [-0.2, -0.15) is 0 Å². The molecule has 0 aliphatic rings. The Balaban J connectivity index is 1.82. The van der Waals surface area contributed by atoms with Crippen molar-refractivity contribution in [1.29, 1.82) is 0 Å². The summed E-state index contributed by atoms with van der Waals surface area (Å²) in [6, 6.07) is 7.47. The van der Waals surface area contributed by atoms with Gasteiger partial charge in [-0.3, -0.25) is 9.78 Å². The molecule has 2 N–H and O–H groups in total. The maximum Gasteiger partial charge on any atom is 0.261 e. The van der Waals surface area contributed by atoms with Gasteiger partial charge in [-0.05, 0) is 36.2 Å². The summed E-state index contributed by atoms with van der Waals surface area (Å²) in [5.41, 5.74) is 1.15. The molecule has 0 unspecified atom stereocenters. The van der Waals surface area contributed by atoms with Crippen LogP contribution < -0.4 is 5.32 Å². The molecular weight excluding hydrogens is 284 g/mol. The van der Waals surface area contributed by atoms with Gasteiger partial charge in [0, 0.05) is 25.4 Å². The summed E-state index contributed by atoms with van der Waals surface area (Å²) >= 11 is 1.36. The standard InChI is InChI=1S/C16H16N2O2S/c19-12-2-1-3-14-4-5-15(21-14)16(20)18-11-8-13-6-9-17-10-7-13/h4-7,9-10,19H,2,8,11-12H2,(H,18,20). The lowest BCUT2D eigenvalue weighted by Crippen LogP contribution is -2.24.